The number of carboxylic acids is 1. The highest BCUT2D eigenvalue weighted by Gasteiger charge is 2.49. The number of hydrogen-bond acceptors (Lipinski definition) is 2. The highest BCUT2D eigenvalue weighted by Crippen LogP contribution is 2.53. The van der Waals surface area contributed by atoms with Gasteiger partial charge in [-0.05, 0) is 43.7 Å². The van der Waals surface area contributed by atoms with Gasteiger partial charge in [-0.1, -0.05) is 31.0 Å². The Hall–Kier alpha value is -1.84. The Morgan fingerprint density at radius 3 is 2.52 bits per heavy atom. The van der Waals surface area contributed by atoms with E-state index in [0.717, 1.165) is 37.9 Å². The molecule has 1 spiro atoms. The second kappa shape index (κ2) is 5.36. The van der Waals surface area contributed by atoms with E-state index in [1.165, 1.54) is 12.0 Å². The number of para-hydroxylation sites is 1. The first-order chi connectivity index (χ1) is 11.1. The van der Waals surface area contributed by atoms with E-state index in [1.54, 1.807) is 0 Å². The quantitative estimate of drug-likeness (QED) is 0.911. The number of nitrogens with zero attached hydrogens (tertiary/aromatic N) is 1. The predicted molar refractivity (Wildman–Crippen MR) is 87.4 cm³/mol. The summed E-state index contributed by atoms with van der Waals surface area (Å²) in [5.41, 5.74) is 2.56. The van der Waals surface area contributed by atoms with Gasteiger partial charge in [-0.3, -0.25) is 9.59 Å². The molecule has 2 atom stereocenters. The standard InChI is InChI=1S/C19H23NO3/c21-17(13-5-3-6-14(11-13)18(22)23)20-12-19(9-4-10-19)15-7-1-2-8-16(15)20/h1-2,7-8,13-14H,3-6,9-12H2,(H,22,23). The van der Waals surface area contributed by atoms with Crippen LogP contribution in [0, 0.1) is 11.8 Å². The van der Waals surface area contributed by atoms with Gasteiger partial charge in [0, 0.05) is 23.6 Å². The number of carbonyl (C=O) groups is 2. The van der Waals surface area contributed by atoms with Crippen molar-refractivity contribution in [3.63, 3.8) is 0 Å². The van der Waals surface area contributed by atoms with E-state index in [4.69, 9.17) is 0 Å². The predicted octanol–water partition coefficient (Wildman–Crippen LogP) is 3.35. The number of aliphatic carboxylic acids is 1. The first-order valence-corrected chi connectivity index (χ1v) is 8.74. The Labute approximate surface area is 136 Å². The molecule has 1 heterocycles. The van der Waals surface area contributed by atoms with Crippen LogP contribution < -0.4 is 4.90 Å². The largest absolute Gasteiger partial charge is 0.481 e. The fourth-order valence-corrected chi connectivity index (χ4v) is 4.72. The van der Waals surface area contributed by atoms with Crippen LogP contribution in [0.4, 0.5) is 5.69 Å². The summed E-state index contributed by atoms with van der Waals surface area (Å²) in [7, 11) is 0. The van der Waals surface area contributed by atoms with E-state index in [-0.39, 0.29) is 23.2 Å². The van der Waals surface area contributed by atoms with Crippen molar-refractivity contribution in [3.05, 3.63) is 29.8 Å². The van der Waals surface area contributed by atoms with E-state index in [2.05, 4.69) is 18.2 Å². The summed E-state index contributed by atoms with van der Waals surface area (Å²) < 4.78 is 0. The molecule has 0 bridgehead atoms. The van der Waals surface area contributed by atoms with E-state index in [1.807, 2.05) is 11.0 Å². The first kappa shape index (κ1) is 14.7. The third kappa shape index (κ3) is 2.27. The van der Waals surface area contributed by atoms with Crippen LogP contribution >= 0.6 is 0 Å². The van der Waals surface area contributed by atoms with Crippen LogP contribution in [0.3, 0.4) is 0 Å². The lowest BCUT2D eigenvalue weighted by atomic mass is 9.66. The van der Waals surface area contributed by atoms with Crippen molar-refractivity contribution < 1.29 is 14.7 Å². The number of rotatable bonds is 2. The maximum absolute atomic E-state index is 13.1. The molecular formula is C19H23NO3. The molecule has 0 aromatic heterocycles. The lowest BCUT2D eigenvalue weighted by molar-refractivity contribution is -0.143. The van der Waals surface area contributed by atoms with Crippen molar-refractivity contribution in [1.29, 1.82) is 0 Å². The van der Waals surface area contributed by atoms with E-state index < -0.39 is 5.97 Å². The number of benzene rings is 1. The minimum Gasteiger partial charge on any atom is -0.481 e. The molecule has 2 fully saturated rings. The zero-order chi connectivity index (χ0) is 16.0. The summed E-state index contributed by atoms with van der Waals surface area (Å²) in [5, 5.41) is 9.27. The Balaban J connectivity index is 1.59. The van der Waals surface area contributed by atoms with Crippen LogP contribution in [0.25, 0.3) is 0 Å². The van der Waals surface area contributed by atoms with Gasteiger partial charge in [0.05, 0.1) is 5.92 Å². The molecule has 2 unspecified atom stereocenters. The molecule has 122 valence electrons. The summed E-state index contributed by atoms with van der Waals surface area (Å²) in [6.07, 6.45) is 6.44. The lowest BCUT2D eigenvalue weighted by Gasteiger charge is -2.39. The van der Waals surface area contributed by atoms with Gasteiger partial charge >= 0.3 is 5.97 Å². The number of fused-ring (bicyclic) bond motifs is 2. The van der Waals surface area contributed by atoms with Crippen LogP contribution in [0.1, 0.15) is 50.5 Å². The number of amides is 1. The SMILES string of the molecule is O=C(O)C1CCCC(C(=O)N2CC3(CCC3)c3ccccc32)C1. The van der Waals surface area contributed by atoms with Crippen molar-refractivity contribution in [1.82, 2.24) is 0 Å². The summed E-state index contributed by atoms with van der Waals surface area (Å²) in [6, 6.07) is 8.28. The number of carbonyl (C=O) groups excluding carboxylic acids is 1. The van der Waals surface area contributed by atoms with E-state index in [0.29, 0.717) is 12.8 Å². The Morgan fingerprint density at radius 1 is 1.09 bits per heavy atom. The maximum atomic E-state index is 13.1. The molecule has 0 radical (unpaired) electrons. The molecule has 1 amide bonds. The van der Waals surface area contributed by atoms with Gasteiger partial charge in [-0.2, -0.15) is 0 Å². The van der Waals surface area contributed by atoms with E-state index in [9.17, 15) is 14.7 Å². The van der Waals surface area contributed by atoms with Crippen molar-refractivity contribution in [3.8, 4) is 0 Å². The molecule has 1 aliphatic heterocycles. The minimum atomic E-state index is -0.750. The van der Waals surface area contributed by atoms with Gasteiger partial charge in [0.1, 0.15) is 0 Å². The molecule has 23 heavy (non-hydrogen) atoms. The van der Waals surface area contributed by atoms with Crippen molar-refractivity contribution in [2.24, 2.45) is 11.8 Å². The molecule has 3 aliphatic rings. The van der Waals surface area contributed by atoms with Crippen LogP contribution in [0.2, 0.25) is 0 Å². The molecule has 0 saturated heterocycles. The van der Waals surface area contributed by atoms with Gasteiger partial charge < -0.3 is 10.0 Å². The maximum Gasteiger partial charge on any atom is 0.306 e. The summed E-state index contributed by atoms with van der Waals surface area (Å²) in [5.74, 6) is -1.09. The third-order valence-electron chi connectivity index (χ3n) is 6.18. The molecule has 1 aromatic rings. The summed E-state index contributed by atoms with van der Waals surface area (Å²) in [4.78, 5) is 26.3. The number of anilines is 1. The van der Waals surface area contributed by atoms with Gasteiger partial charge in [-0.15, -0.1) is 0 Å². The van der Waals surface area contributed by atoms with Crippen molar-refractivity contribution in [2.75, 3.05) is 11.4 Å². The topological polar surface area (TPSA) is 57.6 Å². The third-order valence-corrected chi connectivity index (χ3v) is 6.18. The highest BCUT2D eigenvalue weighted by molar-refractivity contribution is 5.98. The smallest absolute Gasteiger partial charge is 0.306 e. The number of hydrogen-bond donors (Lipinski definition) is 1. The van der Waals surface area contributed by atoms with Gasteiger partial charge in [0.2, 0.25) is 5.91 Å². The fraction of sp³-hybridized carbons (Fsp3) is 0.579. The molecule has 2 saturated carbocycles. The molecule has 1 N–H and O–H groups in total. The van der Waals surface area contributed by atoms with Crippen LogP contribution in [-0.2, 0) is 15.0 Å². The molecule has 4 heteroatoms. The second-order valence-electron chi connectivity index (χ2n) is 7.47. The average molecular weight is 313 g/mol. The van der Waals surface area contributed by atoms with Gasteiger partial charge in [0.25, 0.3) is 0 Å². The molecule has 4 rings (SSSR count). The van der Waals surface area contributed by atoms with Crippen molar-refractivity contribution in [2.45, 2.75) is 50.4 Å². The van der Waals surface area contributed by atoms with Gasteiger partial charge in [-0.25, -0.2) is 0 Å². The molecule has 4 nitrogen and oxygen atoms in total. The molecule has 1 aromatic carbocycles. The van der Waals surface area contributed by atoms with Crippen LogP contribution in [0.15, 0.2) is 24.3 Å². The molecule has 2 aliphatic carbocycles. The summed E-state index contributed by atoms with van der Waals surface area (Å²) in [6.45, 7) is 0.791. The zero-order valence-corrected chi connectivity index (χ0v) is 13.3. The Bertz CT molecular complexity index is 650. The minimum absolute atomic E-state index is 0.131. The summed E-state index contributed by atoms with van der Waals surface area (Å²) >= 11 is 0. The van der Waals surface area contributed by atoms with Gasteiger partial charge in [0.15, 0.2) is 0 Å². The van der Waals surface area contributed by atoms with Crippen molar-refractivity contribution >= 4 is 17.6 Å². The lowest BCUT2D eigenvalue weighted by Crippen LogP contribution is -2.44. The van der Waals surface area contributed by atoms with Crippen LogP contribution in [0.5, 0.6) is 0 Å². The molecular weight excluding hydrogens is 290 g/mol. The highest BCUT2D eigenvalue weighted by atomic mass is 16.4. The number of carboxylic acid groups (broad SMARTS) is 1. The Kier molecular flexibility index (Phi) is 3.43. The van der Waals surface area contributed by atoms with Crippen LogP contribution in [-0.4, -0.2) is 23.5 Å². The first-order valence-electron chi connectivity index (χ1n) is 8.74. The average Bonchev–Trinajstić information content (AvgIpc) is 2.90. The normalized spacial score (nSPS) is 28.3. The fourth-order valence-electron chi connectivity index (χ4n) is 4.72. The monoisotopic (exact) mass is 313 g/mol. The van der Waals surface area contributed by atoms with E-state index >= 15 is 0 Å². The second-order valence-corrected chi connectivity index (χ2v) is 7.47. The zero-order valence-electron chi connectivity index (χ0n) is 13.3. The Morgan fingerprint density at radius 2 is 1.83 bits per heavy atom.